The zero-order valence-corrected chi connectivity index (χ0v) is 15.9. The third kappa shape index (κ3) is 3.33. The Morgan fingerprint density at radius 2 is 1.67 bits per heavy atom. The Bertz CT molecular complexity index is 788. The summed E-state index contributed by atoms with van der Waals surface area (Å²) in [6, 6.07) is 10.8. The second-order valence-corrected chi connectivity index (χ2v) is 8.49. The third-order valence-corrected chi connectivity index (χ3v) is 6.82. The van der Waals surface area contributed by atoms with Crippen LogP contribution in [0, 0.1) is 13.8 Å². The van der Waals surface area contributed by atoms with E-state index in [1.807, 2.05) is 32.0 Å². The number of sulfonamides is 1. The van der Waals surface area contributed by atoms with Gasteiger partial charge in [0.05, 0.1) is 5.69 Å². The van der Waals surface area contributed by atoms with Gasteiger partial charge in [-0.3, -0.25) is 4.31 Å². The minimum atomic E-state index is -3.62. The lowest BCUT2D eigenvalue weighted by Crippen LogP contribution is -2.27. The highest BCUT2D eigenvalue weighted by atomic mass is 79.9. The third-order valence-electron chi connectivity index (χ3n) is 3.22. The van der Waals surface area contributed by atoms with Gasteiger partial charge in [0.25, 0.3) is 10.0 Å². The number of anilines is 1. The van der Waals surface area contributed by atoms with Crippen LogP contribution in [0.5, 0.6) is 0 Å². The van der Waals surface area contributed by atoms with Crippen molar-refractivity contribution in [2.24, 2.45) is 0 Å². The first-order chi connectivity index (χ1) is 9.73. The van der Waals surface area contributed by atoms with Crippen LogP contribution in [0.3, 0.4) is 0 Å². The van der Waals surface area contributed by atoms with Gasteiger partial charge in [-0.25, -0.2) is 8.42 Å². The van der Waals surface area contributed by atoms with Crippen molar-refractivity contribution in [2.75, 3.05) is 11.4 Å². The molecule has 0 aromatic heterocycles. The van der Waals surface area contributed by atoms with E-state index in [1.54, 1.807) is 25.2 Å². The highest BCUT2D eigenvalue weighted by Crippen LogP contribution is 2.32. The van der Waals surface area contributed by atoms with Crippen molar-refractivity contribution in [2.45, 2.75) is 18.7 Å². The molecule has 2 aromatic rings. The maximum Gasteiger partial charge on any atom is 0.265 e. The van der Waals surface area contributed by atoms with Gasteiger partial charge < -0.3 is 0 Å². The van der Waals surface area contributed by atoms with E-state index in [-0.39, 0.29) is 4.90 Å². The van der Waals surface area contributed by atoms with Gasteiger partial charge in [0, 0.05) is 16.0 Å². The van der Waals surface area contributed by atoms with Crippen LogP contribution in [0.25, 0.3) is 0 Å². The molecular formula is C15H15Br2NO2S. The zero-order chi connectivity index (χ0) is 15.8. The lowest BCUT2D eigenvalue weighted by atomic mass is 10.2. The summed E-state index contributed by atoms with van der Waals surface area (Å²) in [7, 11) is -2.06. The Morgan fingerprint density at radius 3 is 2.29 bits per heavy atom. The fourth-order valence-electron chi connectivity index (χ4n) is 1.94. The van der Waals surface area contributed by atoms with E-state index in [0.29, 0.717) is 10.2 Å². The number of hydrogen-bond acceptors (Lipinski definition) is 2. The molecule has 0 radical (unpaired) electrons. The Labute approximate surface area is 142 Å². The Morgan fingerprint density at radius 1 is 1.00 bits per heavy atom. The van der Waals surface area contributed by atoms with Gasteiger partial charge in [0.15, 0.2) is 0 Å². The zero-order valence-electron chi connectivity index (χ0n) is 11.9. The maximum absolute atomic E-state index is 12.8. The number of rotatable bonds is 3. The average Bonchev–Trinajstić information content (AvgIpc) is 2.41. The molecule has 0 N–H and O–H groups in total. The van der Waals surface area contributed by atoms with Gasteiger partial charge in [-0.2, -0.15) is 0 Å². The molecule has 0 bridgehead atoms. The van der Waals surface area contributed by atoms with E-state index in [2.05, 4.69) is 31.9 Å². The lowest BCUT2D eigenvalue weighted by Gasteiger charge is -2.21. The summed E-state index contributed by atoms with van der Waals surface area (Å²) in [5.74, 6) is 0. The quantitative estimate of drug-likeness (QED) is 0.707. The number of hydrogen-bond donors (Lipinski definition) is 0. The topological polar surface area (TPSA) is 37.4 Å². The second-order valence-electron chi connectivity index (χ2n) is 4.84. The average molecular weight is 433 g/mol. The number of aryl methyl sites for hydroxylation is 2. The molecule has 0 saturated heterocycles. The first-order valence-corrected chi connectivity index (χ1v) is 9.27. The standard InChI is InChI=1S/C15H15Br2NO2S/c1-10-5-4-6-12(7-10)18(3)21(19,20)15-9-13(16)11(2)8-14(15)17/h4-9H,1-3H3. The molecule has 6 heteroatoms. The van der Waals surface area contributed by atoms with Crippen LogP contribution in [0.15, 0.2) is 50.2 Å². The minimum absolute atomic E-state index is 0.240. The molecule has 0 unspecified atom stereocenters. The molecule has 2 aromatic carbocycles. The van der Waals surface area contributed by atoms with Crippen molar-refractivity contribution in [3.63, 3.8) is 0 Å². The molecule has 0 aliphatic rings. The smallest absolute Gasteiger partial charge is 0.265 e. The van der Waals surface area contributed by atoms with Crippen molar-refractivity contribution in [3.8, 4) is 0 Å². The molecule has 0 atom stereocenters. The van der Waals surface area contributed by atoms with Crippen LogP contribution >= 0.6 is 31.9 Å². The molecule has 0 aliphatic heterocycles. The van der Waals surface area contributed by atoms with Gasteiger partial charge >= 0.3 is 0 Å². The highest BCUT2D eigenvalue weighted by Gasteiger charge is 2.24. The molecule has 0 spiro atoms. The molecule has 0 aliphatic carbocycles. The Balaban J connectivity index is 2.54. The van der Waals surface area contributed by atoms with Crippen LogP contribution < -0.4 is 4.31 Å². The predicted octanol–water partition coefficient (Wildman–Crippen LogP) is 4.65. The highest BCUT2D eigenvalue weighted by molar-refractivity contribution is 9.11. The predicted molar refractivity (Wildman–Crippen MR) is 93.3 cm³/mol. The molecule has 21 heavy (non-hydrogen) atoms. The number of nitrogens with zero attached hydrogens (tertiary/aromatic N) is 1. The summed E-state index contributed by atoms with van der Waals surface area (Å²) in [5, 5.41) is 0. The summed E-state index contributed by atoms with van der Waals surface area (Å²) in [6.45, 7) is 3.85. The van der Waals surface area contributed by atoms with Gasteiger partial charge in [-0.1, -0.05) is 28.1 Å². The van der Waals surface area contributed by atoms with Gasteiger partial charge in [-0.15, -0.1) is 0 Å². The summed E-state index contributed by atoms with van der Waals surface area (Å²) in [6.07, 6.45) is 0. The van der Waals surface area contributed by atoms with Crippen molar-refractivity contribution in [1.82, 2.24) is 0 Å². The molecule has 2 rings (SSSR count). The first kappa shape index (κ1) is 16.5. The van der Waals surface area contributed by atoms with E-state index in [4.69, 9.17) is 0 Å². The fraction of sp³-hybridized carbons (Fsp3) is 0.200. The molecule has 112 valence electrons. The summed E-state index contributed by atoms with van der Waals surface area (Å²) in [4.78, 5) is 0.240. The van der Waals surface area contributed by atoms with Crippen molar-refractivity contribution >= 4 is 47.6 Å². The van der Waals surface area contributed by atoms with E-state index < -0.39 is 10.0 Å². The Hall–Kier alpha value is -0.850. The SMILES string of the molecule is Cc1cccc(N(C)S(=O)(=O)c2cc(Br)c(C)cc2Br)c1. The summed E-state index contributed by atoms with van der Waals surface area (Å²) < 4.78 is 28.2. The normalized spacial score (nSPS) is 11.5. The molecule has 3 nitrogen and oxygen atoms in total. The Kier molecular flexibility index (Phi) is 4.80. The van der Waals surface area contributed by atoms with Crippen molar-refractivity contribution in [3.05, 3.63) is 56.5 Å². The monoisotopic (exact) mass is 431 g/mol. The van der Waals surface area contributed by atoms with Crippen molar-refractivity contribution < 1.29 is 8.42 Å². The molecule has 0 heterocycles. The second kappa shape index (κ2) is 6.10. The minimum Gasteiger partial charge on any atom is -0.269 e. The van der Waals surface area contributed by atoms with Crippen molar-refractivity contribution in [1.29, 1.82) is 0 Å². The van der Waals surface area contributed by atoms with Gasteiger partial charge in [0.2, 0.25) is 0 Å². The molecule has 0 amide bonds. The van der Waals surface area contributed by atoms with Crippen LogP contribution in [-0.2, 0) is 10.0 Å². The van der Waals surface area contributed by atoms with E-state index >= 15 is 0 Å². The van der Waals surface area contributed by atoms with E-state index in [9.17, 15) is 8.42 Å². The fourth-order valence-corrected chi connectivity index (χ4v) is 4.76. The van der Waals surface area contributed by atoms with E-state index in [1.165, 1.54) is 4.31 Å². The largest absolute Gasteiger partial charge is 0.269 e. The summed E-state index contributed by atoms with van der Waals surface area (Å²) >= 11 is 6.73. The first-order valence-electron chi connectivity index (χ1n) is 6.24. The number of halogens is 2. The van der Waals surface area contributed by atoms with Crippen LogP contribution in [0.1, 0.15) is 11.1 Å². The molecule has 0 fully saturated rings. The maximum atomic E-state index is 12.8. The summed E-state index contributed by atoms with van der Waals surface area (Å²) in [5.41, 5.74) is 2.62. The van der Waals surface area contributed by atoms with Gasteiger partial charge in [0.1, 0.15) is 4.90 Å². The van der Waals surface area contributed by atoms with Crippen LogP contribution in [0.4, 0.5) is 5.69 Å². The molecule has 0 saturated carbocycles. The molecular weight excluding hydrogens is 418 g/mol. The van der Waals surface area contributed by atoms with Crippen LogP contribution in [-0.4, -0.2) is 15.5 Å². The lowest BCUT2D eigenvalue weighted by molar-refractivity contribution is 0.594. The van der Waals surface area contributed by atoms with Crippen LogP contribution in [0.2, 0.25) is 0 Å². The number of benzene rings is 2. The van der Waals surface area contributed by atoms with Gasteiger partial charge in [-0.05, 0) is 65.2 Å². The van der Waals surface area contributed by atoms with E-state index in [0.717, 1.165) is 15.6 Å².